The second kappa shape index (κ2) is 2.61. The predicted octanol–water partition coefficient (Wildman–Crippen LogP) is 2.36. The Balaban J connectivity index is 2.15. The third kappa shape index (κ3) is 1.10. The molecule has 2 fully saturated rings. The minimum absolute atomic E-state index is 0.357. The molecule has 2 saturated heterocycles. The van der Waals surface area contributed by atoms with Crippen molar-refractivity contribution in [2.75, 3.05) is 12.3 Å². The Labute approximate surface area is 83.9 Å². The smallest absolute Gasteiger partial charge is 0.0855 e. The summed E-state index contributed by atoms with van der Waals surface area (Å²) in [6, 6.07) is 0. The number of rotatable bonds is 0. The highest BCUT2D eigenvalue weighted by Crippen LogP contribution is 2.48. The van der Waals surface area contributed by atoms with Crippen LogP contribution >= 0.6 is 24.0 Å². The lowest BCUT2D eigenvalue weighted by molar-refractivity contribution is 0.171. The van der Waals surface area contributed by atoms with Gasteiger partial charge in [0.25, 0.3) is 0 Å². The largest absolute Gasteiger partial charge is 0.352 e. The van der Waals surface area contributed by atoms with Crippen LogP contribution in [0.4, 0.5) is 0 Å². The van der Waals surface area contributed by atoms with Crippen molar-refractivity contribution in [1.29, 1.82) is 0 Å². The Bertz CT molecular complexity index is 219. The molecule has 2 rings (SSSR count). The summed E-state index contributed by atoms with van der Waals surface area (Å²) in [7, 11) is 0. The van der Waals surface area contributed by atoms with Gasteiger partial charge in [-0.1, -0.05) is 33.0 Å². The number of fused-ring (bicyclic) bond motifs is 1. The standard InChI is InChI=1S/C9H15NS2/c1-9(2,3)6-7(11)10-4-5-12-8(6)10/h6,8H,4-5H2,1-3H3/t6-,8+/m0/s1. The van der Waals surface area contributed by atoms with E-state index in [-0.39, 0.29) is 0 Å². The highest BCUT2D eigenvalue weighted by Gasteiger charge is 2.51. The molecule has 0 bridgehead atoms. The fraction of sp³-hybridized carbons (Fsp3) is 0.889. The summed E-state index contributed by atoms with van der Waals surface area (Å²) in [5, 5.41) is 0.706. The SMILES string of the molecule is CC(C)(C)[C@H]1C(=S)N2CCS[C@H]12. The van der Waals surface area contributed by atoms with Crippen molar-refractivity contribution < 1.29 is 0 Å². The molecule has 0 aromatic heterocycles. The summed E-state index contributed by atoms with van der Waals surface area (Å²) < 4.78 is 0. The van der Waals surface area contributed by atoms with Crippen molar-refractivity contribution in [3.63, 3.8) is 0 Å². The highest BCUT2D eigenvalue weighted by atomic mass is 32.2. The maximum atomic E-state index is 5.40. The Morgan fingerprint density at radius 2 is 2.17 bits per heavy atom. The zero-order valence-electron chi connectivity index (χ0n) is 7.83. The van der Waals surface area contributed by atoms with Gasteiger partial charge in [0.05, 0.1) is 10.4 Å². The molecule has 2 aliphatic heterocycles. The summed E-state index contributed by atoms with van der Waals surface area (Å²) in [6.45, 7) is 8.06. The van der Waals surface area contributed by atoms with Gasteiger partial charge in [-0.05, 0) is 5.41 Å². The van der Waals surface area contributed by atoms with E-state index in [0.717, 1.165) is 0 Å². The van der Waals surface area contributed by atoms with Gasteiger partial charge in [0.15, 0.2) is 0 Å². The van der Waals surface area contributed by atoms with Gasteiger partial charge < -0.3 is 4.90 Å². The Morgan fingerprint density at radius 3 is 2.75 bits per heavy atom. The van der Waals surface area contributed by atoms with Gasteiger partial charge in [-0.3, -0.25) is 0 Å². The molecule has 0 radical (unpaired) electrons. The predicted molar refractivity (Wildman–Crippen MR) is 58.5 cm³/mol. The lowest BCUT2D eigenvalue weighted by atomic mass is 9.75. The molecule has 0 aliphatic carbocycles. The molecule has 12 heavy (non-hydrogen) atoms. The van der Waals surface area contributed by atoms with Crippen LogP contribution in [0.25, 0.3) is 0 Å². The number of hydrogen-bond donors (Lipinski definition) is 0. The van der Waals surface area contributed by atoms with E-state index in [4.69, 9.17) is 12.2 Å². The maximum Gasteiger partial charge on any atom is 0.0855 e. The minimum Gasteiger partial charge on any atom is -0.352 e. The Kier molecular flexibility index (Phi) is 1.92. The van der Waals surface area contributed by atoms with Gasteiger partial charge in [0.1, 0.15) is 0 Å². The summed E-state index contributed by atoms with van der Waals surface area (Å²) >= 11 is 7.47. The van der Waals surface area contributed by atoms with Crippen molar-refractivity contribution >= 4 is 29.0 Å². The van der Waals surface area contributed by atoms with Crippen LogP contribution in [0.15, 0.2) is 0 Å². The van der Waals surface area contributed by atoms with Crippen molar-refractivity contribution in [3.8, 4) is 0 Å². The zero-order chi connectivity index (χ0) is 8.93. The molecule has 0 aromatic carbocycles. The van der Waals surface area contributed by atoms with E-state index in [0.29, 0.717) is 16.7 Å². The van der Waals surface area contributed by atoms with E-state index in [2.05, 4.69) is 37.4 Å². The average Bonchev–Trinajstić information content (AvgIpc) is 2.27. The van der Waals surface area contributed by atoms with E-state index >= 15 is 0 Å². The van der Waals surface area contributed by atoms with Gasteiger partial charge in [-0.2, -0.15) is 0 Å². The molecule has 3 heteroatoms. The van der Waals surface area contributed by atoms with Crippen molar-refractivity contribution in [3.05, 3.63) is 0 Å². The fourth-order valence-corrected chi connectivity index (χ4v) is 4.53. The lowest BCUT2D eigenvalue weighted by Gasteiger charge is -2.51. The number of hydrogen-bond acceptors (Lipinski definition) is 2. The van der Waals surface area contributed by atoms with Crippen LogP contribution in [0, 0.1) is 11.3 Å². The van der Waals surface area contributed by atoms with Gasteiger partial charge in [-0.15, -0.1) is 11.8 Å². The van der Waals surface area contributed by atoms with E-state index in [9.17, 15) is 0 Å². The molecule has 0 saturated carbocycles. The van der Waals surface area contributed by atoms with Gasteiger partial charge in [0.2, 0.25) is 0 Å². The van der Waals surface area contributed by atoms with Crippen LogP contribution in [0.5, 0.6) is 0 Å². The number of nitrogens with zero attached hydrogens (tertiary/aromatic N) is 1. The van der Waals surface area contributed by atoms with E-state index in [1.54, 1.807) is 0 Å². The quantitative estimate of drug-likeness (QED) is 0.554. The average molecular weight is 201 g/mol. The van der Waals surface area contributed by atoms with E-state index < -0.39 is 0 Å². The second-order valence-corrected chi connectivity index (χ2v) is 6.28. The molecule has 68 valence electrons. The number of thiocarbonyl (C=S) groups is 1. The first-order chi connectivity index (χ1) is 5.52. The normalized spacial score (nSPS) is 34.9. The molecule has 0 aromatic rings. The first-order valence-corrected chi connectivity index (χ1v) is 5.89. The molecular formula is C9H15NS2. The zero-order valence-corrected chi connectivity index (χ0v) is 9.47. The van der Waals surface area contributed by atoms with Crippen LogP contribution in [0.3, 0.4) is 0 Å². The van der Waals surface area contributed by atoms with E-state index in [1.807, 2.05) is 0 Å². The summed E-state index contributed by atoms with van der Waals surface area (Å²) in [6.07, 6.45) is 0. The molecule has 0 N–H and O–H groups in total. The van der Waals surface area contributed by atoms with Gasteiger partial charge in [-0.25, -0.2) is 0 Å². The molecule has 0 amide bonds. The van der Waals surface area contributed by atoms with Crippen LogP contribution in [-0.2, 0) is 0 Å². The molecule has 2 atom stereocenters. The third-order valence-electron chi connectivity index (χ3n) is 2.70. The molecule has 2 heterocycles. The van der Waals surface area contributed by atoms with E-state index in [1.165, 1.54) is 17.3 Å². The molecule has 0 unspecified atom stereocenters. The fourth-order valence-electron chi connectivity index (χ4n) is 2.02. The Morgan fingerprint density at radius 1 is 1.50 bits per heavy atom. The maximum absolute atomic E-state index is 5.40. The van der Waals surface area contributed by atoms with Crippen molar-refractivity contribution in [2.45, 2.75) is 26.1 Å². The van der Waals surface area contributed by atoms with Crippen LogP contribution in [-0.4, -0.2) is 27.6 Å². The Hall–Kier alpha value is 0.240. The summed E-state index contributed by atoms with van der Waals surface area (Å²) in [4.78, 5) is 3.59. The third-order valence-corrected chi connectivity index (χ3v) is 4.47. The highest BCUT2D eigenvalue weighted by molar-refractivity contribution is 8.00. The molecule has 2 aliphatic rings. The second-order valence-electron chi connectivity index (χ2n) is 4.64. The first kappa shape index (κ1) is 8.82. The van der Waals surface area contributed by atoms with Crippen molar-refractivity contribution in [1.82, 2.24) is 4.90 Å². The van der Waals surface area contributed by atoms with Crippen LogP contribution in [0.1, 0.15) is 20.8 Å². The molecule has 0 spiro atoms. The summed E-state index contributed by atoms with van der Waals surface area (Å²) in [5.74, 6) is 1.90. The van der Waals surface area contributed by atoms with Gasteiger partial charge in [0, 0.05) is 18.2 Å². The topological polar surface area (TPSA) is 3.24 Å². The number of thioether (sulfide) groups is 1. The van der Waals surface area contributed by atoms with Gasteiger partial charge >= 0.3 is 0 Å². The molecule has 1 nitrogen and oxygen atoms in total. The van der Waals surface area contributed by atoms with Crippen LogP contribution in [0.2, 0.25) is 0 Å². The minimum atomic E-state index is 0.357. The van der Waals surface area contributed by atoms with Crippen molar-refractivity contribution in [2.24, 2.45) is 11.3 Å². The molecular weight excluding hydrogens is 186 g/mol. The lowest BCUT2D eigenvalue weighted by Crippen LogP contribution is -2.59. The summed E-state index contributed by atoms with van der Waals surface area (Å²) in [5.41, 5.74) is 0.357. The monoisotopic (exact) mass is 201 g/mol. The van der Waals surface area contributed by atoms with Crippen LogP contribution < -0.4 is 0 Å². The first-order valence-electron chi connectivity index (χ1n) is 4.44.